The highest BCUT2D eigenvalue weighted by molar-refractivity contribution is 5.72. The van der Waals surface area contributed by atoms with Gasteiger partial charge in [-0.3, -0.25) is 4.79 Å². The van der Waals surface area contributed by atoms with Crippen LogP contribution in [-0.2, 0) is 0 Å². The minimum Gasteiger partial charge on any atom is -0.488 e. The van der Waals surface area contributed by atoms with Crippen molar-refractivity contribution in [1.82, 2.24) is 4.98 Å². The molecule has 1 N–H and O–H groups in total. The van der Waals surface area contributed by atoms with Crippen LogP contribution in [0.3, 0.4) is 0 Å². The van der Waals surface area contributed by atoms with Crippen LogP contribution in [0, 0.1) is 29.9 Å². The molecule has 0 aliphatic rings. The number of aromatic amines is 1. The first kappa shape index (κ1) is 14.7. The molecule has 6 heteroatoms. The summed E-state index contributed by atoms with van der Waals surface area (Å²) in [5.41, 5.74) is -0.318. The summed E-state index contributed by atoms with van der Waals surface area (Å²) < 4.78 is 32.9. The Hall–Kier alpha value is -2.68. The summed E-state index contributed by atoms with van der Waals surface area (Å²) in [5, 5.41) is 9.07. The summed E-state index contributed by atoms with van der Waals surface area (Å²) in [7, 11) is 0. The Morgan fingerprint density at radius 3 is 2.67 bits per heavy atom. The number of benzene rings is 1. The van der Waals surface area contributed by atoms with Gasteiger partial charge in [0.2, 0.25) is 0 Å². The molecule has 0 amide bonds. The first-order valence-electron chi connectivity index (χ1n) is 6.24. The largest absolute Gasteiger partial charge is 0.488 e. The van der Waals surface area contributed by atoms with E-state index in [4.69, 9.17) is 10.00 Å². The Bertz CT molecular complexity index is 791. The maximum Gasteiger partial charge on any atom is 0.266 e. The maximum absolute atomic E-state index is 14.4. The van der Waals surface area contributed by atoms with Gasteiger partial charge in [-0.25, -0.2) is 8.78 Å². The van der Waals surface area contributed by atoms with Crippen LogP contribution in [0.15, 0.2) is 23.0 Å². The molecule has 108 valence electrons. The van der Waals surface area contributed by atoms with Crippen LogP contribution >= 0.6 is 0 Å². The van der Waals surface area contributed by atoms with Crippen molar-refractivity contribution in [3.8, 4) is 22.9 Å². The second-order valence-electron chi connectivity index (χ2n) is 4.35. The van der Waals surface area contributed by atoms with Crippen LogP contribution in [-0.4, -0.2) is 11.6 Å². The zero-order valence-corrected chi connectivity index (χ0v) is 11.5. The van der Waals surface area contributed by atoms with Crippen LogP contribution in [0.2, 0.25) is 0 Å². The SMILES string of the molecule is CCOc1c(F)ccc(-c2cc(C)[nH]c(=O)c2C#N)c1F. The van der Waals surface area contributed by atoms with Crippen LogP contribution in [0.1, 0.15) is 18.2 Å². The highest BCUT2D eigenvalue weighted by Gasteiger charge is 2.19. The number of ether oxygens (including phenoxy) is 1. The van der Waals surface area contributed by atoms with E-state index >= 15 is 0 Å². The normalized spacial score (nSPS) is 10.2. The summed E-state index contributed by atoms with van der Waals surface area (Å²) in [6, 6.07) is 5.43. The van der Waals surface area contributed by atoms with Crippen LogP contribution in [0.5, 0.6) is 5.75 Å². The third kappa shape index (κ3) is 2.63. The predicted molar refractivity (Wildman–Crippen MR) is 73.0 cm³/mol. The van der Waals surface area contributed by atoms with Crippen molar-refractivity contribution >= 4 is 0 Å². The van der Waals surface area contributed by atoms with Gasteiger partial charge in [-0.15, -0.1) is 0 Å². The van der Waals surface area contributed by atoms with Gasteiger partial charge in [0, 0.05) is 16.8 Å². The molecular weight excluding hydrogens is 278 g/mol. The van der Waals surface area contributed by atoms with Crippen molar-refractivity contribution in [3.05, 3.63) is 51.4 Å². The molecule has 0 fully saturated rings. The molecule has 1 heterocycles. The minimum absolute atomic E-state index is 0.0504. The quantitative estimate of drug-likeness (QED) is 0.945. The molecule has 0 saturated carbocycles. The number of rotatable bonds is 3. The van der Waals surface area contributed by atoms with E-state index in [9.17, 15) is 13.6 Å². The van der Waals surface area contributed by atoms with Gasteiger partial charge in [-0.05, 0) is 32.0 Å². The summed E-state index contributed by atoms with van der Waals surface area (Å²) >= 11 is 0. The molecule has 0 atom stereocenters. The molecule has 0 unspecified atom stereocenters. The number of hydrogen-bond donors (Lipinski definition) is 1. The number of hydrogen-bond acceptors (Lipinski definition) is 3. The third-order valence-electron chi connectivity index (χ3n) is 2.91. The van der Waals surface area contributed by atoms with Crippen molar-refractivity contribution in [3.63, 3.8) is 0 Å². The number of nitrogens with zero attached hydrogens (tertiary/aromatic N) is 1. The van der Waals surface area contributed by atoms with Crippen molar-refractivity contribution in [2.75, 3.05) is 6.61 Å². The average Bonchev–Trinajstić information content (AvgIpc) is 2.43. The van der Waals surface area contributed by atoms with Gasteiger partial charge in [-0.1, -0.05) is 0 Å². The number of nitrogens with one attached hydrogen (secondary N) is 1. The Labute approximate surface area is 119 Å². The summed E-state index contributed by atoms with van der Waals surface area (Å²) in [5.74, 6) is -2.28. The average molecular weight is 290 g/mol. The van der Waals surface area contributed by atoms with Crippen LogP contribution < -0.4 is 10.3 Å². The fourth-order valence-corrected chi connectivity index (χ4v) is 2.03. The third-order valence-corrected chi connectivity index (χ3v) is 2.91. The Morgan fingerprint density at radius 2 is 2.05 bits per heavy atom. The van der Waals surface area contributed by atoms with Crippen molar-refractivity contribution in [2.24, 2.45) is 0 Å². The van der Waals surface area contributed by atoms with Gasteiger partial charge in [0.15, 0.2) is 17.4 Å². The van der Waals surface area contributed by atoms with E-state index in [1.165, 1.54) is 12.1 Å². The minimum atomic E-state index is -0.932. The zero-order valence-electron chi connectivity index (χ0n) is 11.5. The van der Waals surface area contributed by atoms with Gasteiger partial charge in [0.05, 0.1) is 6.61 Å². The highest BCUT2D eigenvalue weighted by Crippen LogP contribution is 2.32. The Balaban J connectivity index is 2.77. The molecule has 1 aromatic heterocycles. The first-order chi connectivity index (χ1) is 9.99. The molecule has 0 saturated heterocycles. The van der Waals surface area contributed by atoms with E-state index in [0.717, 1.165) is 6.07 Å². The van der Waals surface area contributed by atoms with Crippen molar-refractivity contribution in [2.45, 2.75) is 13.8 Å². The molecule has 1 aromatic carbocycles. The molecule has 2 aromatic rings. The number of pyridine rings is 1. The fourth-order valence-electron chi connectivity index (χ4n) is 2.03. The van der Waals surface area contributed by atoms with Crippen molar-refractivity contribution < 1.29 is 13.5 Å². The molecule has 0 bridgehead atoms. The van der Waals surface area contributed by atoms with E-state index in [1.807, 2.05) is 0 Å². The van der Waals surface area contributed by atoms with E-state index in [2.05, 4.69) is 4.98 Å². The standard InChI is InChI=1S/C15H12F2N2O2/c1-3-21-14-12(16)5-4-9(13(14)17)10-6-8(2)19-15(20)11(10)7-18/h4-6H,3H2,1-2H3,(H,19,20). The van der Waals surface area contributed by atoms with Gasteiger partial charge < -0.3 is 9.72 Å². The van der Waals surface area contributed by atoms with E-state index in [0.29, 0.717) is 5.69 Å². The smallest absolute Gasteiger partial charge is 0.266 e. The van der Waals surface area contributed by atoms with E-state index < -0.39 is 22.9 Å². The number of aromatic nitrogens is 1. The van der Waals surface area contributed by atoms with Crippen LogP contribution in [0.4, 0.5) is 8.78 Å². The number of aryl methyl sites for hydroxylation is 1. The molecule has 0 aliphatic carbocycles. The number of H-pyrrole nitrogens is 1. The predicted octanol–water partition coefficient (Wildman–Crippen LogP) is 2.90. The Morgan fingerprint density at radius 1 is 1.33 bits per heavy atom. The number of nitriles is 1. The maximum atomic E-state index is 14.4. The van der Waals surface area contributed by atoms with E-state index in [1.54, 1.807) is 19.9 Å². The highest BCUT2D eigenvalue weighted by atomic mass is 19.1. The lowest BCUT2D eigenvalue weighted by atomic mass is 10.00. The molecule has 0 spiro atoms. The van der Waals surface area contributed by atoms with Gasteiger partial charge >= 0.3 is 0 Å². The lowest BCUT2D eigenvalue weighted by molar-refractivity contribution is 0.303. The Kier molecular flexibility index (Phi) is 4.03. The summed E-state index contributed by atoms with van der Waals surface area (Å²) in [6.07, 6.45) is 0. The van der Waals surface area contributed by atoms with Gasteiger partial charge in [0.25, 0.3) is 5.56 Å². The molecule has 0 aliphatic heterocycles. The van der Waals surface area contributed by atoms with Crippen LogP contribution in [0.25, 0.3) is 11.1 Å². The van der Waals surface area contributed by atoms with Gasteiger partial charge in [0.1, 0.15) is 11.6 Å². The first-order valence-corrected chi connectivity index (χ1v) is 6.24. The van der Waals surface area contributed by atoms with E-state index in [-0.39, 0.29) is 23.3 Å². The molecule has 4 nitrogen and oxygen atoms in total. The molecule has 21 heavy (non-hydrogen) atoms. The van der Waals surface area contributed by atoms with Crippen molar-refractivity contribution in [1.29, 1.82) is 5.26 Å². The molecule has 0 radical (unpaired) electrons. The lowest BCUT2D eigenvalue weighted by Gasteiger charge is -2.11. The lowest BCUT2D eigenvalue weighted by Crippen LogP contribution is -2.13. The van der Waals surface area contributed by atoms with Gasteiger partial charge in [-0.2, -0.15) is 5.26 Å². The second kappa shape index (κ2) is 5.75. The fraction of sp³-hybridized carbons (Fsp3) is 0.200. The topological polar surface area (TPSA) is 65.9 Å². The molecular formula is C15H12F2N2O2. The summed E-state index contributed by atoms with van der Waals surface area (Å²) in [6.45, 7) is 3.30. The summed E-state index contributed by atoms with van der Waals surface area (Å²) in [4.78, 5) is 14.2. The molecule has 2 rings (SSSR count). The number of halogens is 2. The second-order valence-corrected chi connectivity index (χ2v) is 4.35. The zero-order chi connectivity index (χ0) is 15.6. The monoisotopic (exact) mass is 290 g/mol.